The van der Waals surface area contributed by atoms with Crippen LogP contribution in [0.5, 0.6) is 0 Å². The Hall–Kier alpha value is -16.0. The van der Waals surface area contributed by atoms with Crippen LogP contribution in [0.3, 0.4) is 0 Å². The molecule has 8 atom stereocenters. The number of carbonyl (C=O) groups excluding carboxylic acids is 17. The van der Waals surface area contributed by atoms with Crippen LogP contribution in [0.2, 0.25) is 0 Å². The molecule has 730 valence electrons. The first kappa shape index (κ1) is 107. The summed E-state index contributed by atoms with van der Waals surface area (Å²) in [6.45, 7) is -0.983. The van der Waals surface area contributed by atoms with Gasteiger partial charge in [-0.15, -0.1) is 0 Å². The van der Waals surface area contributed by atoms with Gasteiger partial charge in [0.05, 0.1) is 0 Å². The Labute approximate surface area is 804 Å². The number of amides is 8. The van der Waals surface area contributed by atoms with E-state index >= 15 is 28.8 Å². The normalized spacial score (nSPS) is 12.5. The number of esters is 9. The predicted octanol–water partition coefficient (Wildman–Crippen LogP) is 9.82. The second kappa shape index (κ2) is 59.7. The maximum absolute atomic E-state index is 15.7. The van der Waals surface area contributed by atoms with Crippen molar-refractivity contribution in [1.82, 2.24) is 42.5 Å². The van der Waals surface area contributed by atoms with Gasteiger partial charge in [0.1, 0.15) is 108 Å². The summed E-state index contributed by atoms with van der Waals surface area (Å²) in [7, 11) is 0. The average molecular weight is 1900 g/mol. The lowest BCUT2D eigenvalue weighted by molar-refractivity contribution is -0.151. The summed E-state index contributed by atoms with van der Waals surface area (Å²) in [6.07, 6.45) is -9.49. The molecule has 0 aliphatic carbocycles. The van der Waals surface area contributed by atoms with E-state index in [9.17, 15) is 52.7 Å². The number of carbonyl (C=O) groups is 17. The van der Waals surface area contributed by atoms with Gasteiger partial charge in [-0.1, -0.05) is 273 Å². The number of hydrogen-bond donors (Lipinski definition) is 8. The van der Waals surface area contributed by atoms with Gasteiger partial charge in [-0.25, -0.2) is 4.79 Å². The quantitative estimate of drug-likeness (QED) is 0.0130. The number of benzene rings is 9. The van der Waals surface area contributed by atoms with Crippen molar-refractivity contribution in [1.29, 1.82) is 0 Å². The van der Waals surface area contributed by atoms with Crippen molar-refractivity contribution in [3.63, 3.8) is 0 Å². The number of hydrogen-bond acceptors (Lipinski definition) is 26. The SMILES string of the molecule is CC(=O)N[C@@H](CCC(=O)OCc1ccccc1)C(=O)N[C@@H](CCC(=O)OCc1ccccc1)C(=O)N[C@@H](CCC(=O)OCc1ccccc1)C(=O)N[C@@H](CCC(=O)OCc1ccccc1)C(=O)N[C@@H](CCC(=O)OCc1ccccc1)C(=O)N[C@@H](CCC(=O)OCc1ccccc1)C(=O)N[C@@H](CCC(=O)OCc1ccccc1)C(=O)N[C@@H](CCC(=O)OCc1ccccc1)C(=O)OCc1ccccc1. The van der Waals surface area contributed by atoms with Crippen LogP contribution in [-0.2, 0) is 184 Å². The van der Waals surface area contributed by atoms with Crippen LogP contribution < -0.4 is 42.5 Å². The fourth-order valence-corrected chi connectivity index (χ4v) is 13.7. The maximum atomic E-state index is 15.7. The zero-order chi connectivity index (χ0) is 99.1. The second-order valence-corrected chi connectivity index (χ2v) is 32.3. The first-order valence-corrected chi connectivity index (χ1v) is 45.5. The minimum Gasteiger partial charge on any atom is -0.461 e. The Morgan fingerprint density at radius 2 is 0.295 bits per heavy atom. The molecule has 8 N–H and O–H groups in total. The van der Waals surface area contributed by atoms with Gasteiger partial charge < -0.3 is 85.2 Å². The number of rotatable bonds is 58. The van der Waals surface area contributed by atoms with E-state index in [1.165, 1.54) is 0 Å². The van der Waals surface area contributed by atoms with Crippen LogP contribution in [0.1, 0.15) is 160 Å². The van der Waals surface area contributed by atoms with Crippen molar-refractivity contribution in [2.24, 2.45) is 0 Å². The van der Waals surface area contributed by atoms with E-state index in [0.717, 1.165) is 6.92 Å². The van der Waals surface area contributed by atoms with Crippen molar-refractivity contribution < 1.29 is 124 Å². The van der Waals surface area contributed by atoms with Crippen LogP contribution in [0.4, 0.5) is 0 Å². The van der Waals surface area contributed by atoms with Crippen molar-refractivity contribution in [2.45, 2.75) is 217 Å². The summed E-state index contributed by atoms with van der Waals surface area (Å²) in [5.41, 5.74) is 5.24. The molecule has 0 unspecified atom stereocenters. The minimum absolute atomic E-state index is 0.130. The summed E-state index contributed by atoms with van der Waals surface area (Å²) < 4.78 is 50.1. The molecule has 34 nitrogen and oxygen atoms in total. The van der Waals surface area contributed by atoms with E-state index in [4.69, 9.17) is 42.6 Å². The molecule has 0 aromatic heterocycles. The average Bonchev–Trinajstić information content (AvgIpc) is 0.845. The van der Waals surface area contributed by atoms with Gasteiger partial charge in [0.2, 0.25) is 47.3 Å². The lowest BCUT2D eigenvalue weighted by Crippen LogP contribution is -2.60. The Morgan fingerprint density at radius 3 is 0.439 bits per heavy atom. The molecule has 8 amide bonds. The molecule has 0 radical (unpaired) electrons. The number of ether oxygens (including phenoxy) is 9. The van der Waals surface area contributed by atoms with Gasteiger partial charge in [0, 0.05) is 58.3 Å². The van der Waals surface area contributed by atoms with Gasteiger partial charge >= 0.3 is 53.7 Å². The molecule has 0 aliphatic rings. The molecule has 0 heterocycles. The molecule has 0 saturated heterocycles. The summed E-state index contributed by atoms with van der Waals surface area (Å²) in [5, 5.41) is 20.3. The van der Waals surface area contributed by atoms with E-state index in [0.29, 0.717) is 50.1 Å². The van der Waals surface area contributed by atoms with E-state index in [1.54, 1.807) is 273 Å². The van der Waals surface area contributed by atoms with Gasteiger partial charge in [-0.2, -0.15) is 0 Å². The number of nitrogens with one attached hydrogen (secondary N) is 8. The van der Waals surface area contributed by atoms with Crippen molar-refractivity contribution in [3.8, 4) is 0 Å². The molecule has 0 aliphatic heterocycles. The van der Waals surface area contributed by atoms with E-state index in [-0.39, 0.29) is 65.9 Å². The van der Waals surface area contributed by atoms with Crippen molar-refractivity contribution in [2.75, 3.05) is 0 Å². The Kier molecular flexibility index (Phi) is 45.8. The molecular formula is C105H114N8O26. The second-order valence-electron chi connectivity index (χ2n) is 32.3. The summed E-state index contributed by atoms with van der Waals surface area (Å²) in [6, 6.07) is 61.9. The highest BCUT2D eigenvalue weighted by atomic mass is 16.6. The lowest BCUT2D eigenvalue weighted by Gasteiger charge is -2.28. The minimum atomic E-state index is -2.01. The van der Waals surface area contributed by atoms with Gasteiger partial charge in [-0.3, -0.25) is 76.7 Å². The fraction of sp³-hybridized carbons (Fsp3) is 0.324. The van der Waals surface area contributed by atoms with Crippen LogP contribution in [-0.4, -0.2) is 149 Å². The molecule has 0 saturated carbocycles. The molecule has 0 fully saturated rings. The molecule has 0 spiro atoms. The molecule has 9 aromatic carbocycles. The smallest absolute Gasteiger partial charge is 0.328 e. The van der Waals surface area contributed by atoms with Gasteiger partial charge in [0.25, 0.3) is 0 Å². The van der Waals surface area contributed by atoms with Gasteiger partial charge in [0.15, 0.2) is 0 Å². The Balaban J connectivity index is 1.05. The van der Waals surface area contributed by atoms with Crippen LogP contribution >= 0.6 is 0 Å². The maximum Gasteiger partial charge on any atom is 0.328 e. The highest BCUT2D eigenvalue weighted by Crippen LogP contribution is 2.19. The summed E-state index contributed by atoms with van der Waals surface area (Å²) in [4.78, 5) is 244. The van der Waals surface area contributed by atoms with Crippen LogP contribution in [0.15, 0.2) is 273 Å². The Morgan fingerprint density at radius 1 is 0.173 bits per heavy atom. The summed E-state index contributed by atoms with van der Waals surface area (Å²) >= 11 is 0. The van der Waals surface area contributed by atoms with Crippen molar-refractivity contribution >= 4 is 101 Å². The van der Waals surface area contributed by atoms with E-state index < -0.39 is 246 Å². The zero-order valence-corrected chi connectivity index (χ0v) is 76.9. The largest absolute Gasteiger partial charge is 0.461 e. The predicted molar refractivity (Wildman–Crippen MR) is 501 cm³/mol. The van der Waals surface area contributed by atoms with Crippen LogP contribution in [0.25, 0.3) is 0 Å². The van der Waals surface area contributed by atoms with Gasteiger partial charge in [-0.05, 0) is 101 Å². The summed E-state index contributed by atoms with van der Waals surface area (Å²) in [5.74, 6) is -17.3. The fourth-order valence-electron chi connectivity index (χ4n) is 13.7. The lowest BCUT2D eigenvalue weighted by atomic mass is 10.0. The molecule has 9 rings (SSSR count). The third-order valence-corrected chi connectivity index (χ3v) is 21.4. The zero-order valence-electron chi connectivity index (χ0n) is 76.9. The molecule has 0 bridgehead atoms. The standard InChI is InChI=1S/C105H114N8O26/c1-72(114)106-82(47-55-90(115)131-63-73-29-11-2-12-30-73)98(123)107-83(48-56-91(116)132-64-74-31-13-3-14-32-74)99(124)108-84(49-57-92(117)133-65-75-33-15-4-16-34-75)100(125)109-85(50-58-93(118)134-66-76-35-17-5-18-36-76)101(126)110-86(51-59-94(119)135-67-77-37-19-6-20-38-77)102(127)111-87(52-60-95(120)136-68-78-39-21-7-22-40-78)103(128)112-88(53-61-96(121)137-69-79-41-23-8-24-42-79)104(129)113-89(105(130)139-71-81-45-27-10-28-46-81)54-62-97(122)138-70-80-43-25-9-26-44-80/h2-46,82-89H,47-71H2,1H3,(H,106,114)(H,107,123)(H,108,124)(H,109,125)(H,110,126)(H,111,127)(H,112,128)(H,113,129)/t82-,83-,84-,85-,86-,87-,88-,89-/m0/s1. The molecule has 139 heavy (non-hydrogen) atoms. The monoisotopic (exact) mass is 1900 g/mol. The highest BCUT2D eigenvalue weighted by Gasteiger charge is 2.38. The van der Waals surface area contributed by atoms with Crippen LogP contribution in [0, 0.1) is 0 Å². The van der Waals surface area contributed by atoms with E-state index in [1.807, 2.05) is 0 Å². The molecule has 9 aromatic rings. The molecule has 34 heteroatoms. The first-order valence-electron chi connectivity index (χ1n) is 45.5. The van der Waals surface area contributed by atoms with E-state index in [2.05, 4.69) is 42.5 Å². The highest BCUT2D eigenvalue weighted by molar-refractivity contribution is 5.99. The molecular weight excluding hydrogens is 1790 g/mol. The third kappa shape index (κ3) is 41.8. The first-order chi connectivity index (χ1) is 67.3. The topological polar surface area (TPSA) is 469 Å². The third-order valence-electron chi connectivity index (χ3n) is 21.4. The van der Waals surface area contributed by atoms with Crippen molar-refractivity contribution in [3.05, 3.63) is 323 Å². The Bertz CT molecular complexity index is 5470.